The number of rotatable bonds is 2. The van der Waals surface area contributed by atoms with Crippen LogP contribution < -0.4 is 0 Å². The van der Waals surface area contributed by atoms with Crippen molar-refractivity contribution in [3.63, 3.8) is 0 Å². The minimum atomic E-state index is 0.323. The molecule has 4 fully saturated rings. The van der Waals surface area contributed by atoms with Crippen LogP contribution in [0.2, 0.25) is 0 Å². The first-order chi connectivity index (χ1) is 9.18. The summed E-state index contributed by atoms with van der Waals surface area (Å²) in [6.07, 6.45) is 9.47. The highest BCUT2D eigenvalue weighted by Gasteiger charge is 2.52. The molecule has 0 aliphatic heterocycles. The van der Waals surface area contributed by atoms with E-state index in [1.54, 1.807) is 0 Å². The number of benzene rings is 1. The van der Waals surface area contributed by atoms with Gasteiger partial charge in [0.25, 0.3) is 0 Å². The van der Waals surface area contributed by atoms with Crippen LogP contribution in [0.15, 0.2) is 18.2 Å². The molecule has 0 atom stereocenters. The molecule has 4 aliphatic rings. The Bertz CT molecular complexity index is 467. The molecule has 1 heteroatoms. The van der Waals surface area contributed by atoms with Crippen LogP contribution in [0.4, 0.5) is 0 Å². The number of hydrogen-bond acceptors (Lipinski definition) is 1. The molecule has 102 valence electrons. The Morgan fingerprint density at radius 3 is 2.16 bits per heavy atom. The molecule has 1 aromatic carbocycles. The van der Waals surface area contributed by atoms with Crippen molar-refractivity contribution in [1.82, 2.24) is 0 Å². The Morgan fingerprint density at radius 2 is 1.63 bits per heavy atom. The first kappa shape index (κ1) is 11.8. The third-order valence-corrected chi connectivity index (χ3v) is 6.08. The molecule has 0 radical (unpaired) electrons. The molecule has 5 rings (SSSR count). The lowest BCUT2D eigenvalue weighted by molar-refractivity contribution is -0.00616. The van der Waals surface area contributed by atoms with Crippen LogP contribution in [0, 0.1) is 17.8 Å². The Morgan fingerprint density at radius 1 is 1.05 bits per heavy atom. The third-order valence-electron chi connectivity index (χ3n) is 6.08. The van der Waals surface area contributed by atoms with Gasteiger partial charge in [-0.15, -0.1) is 0 Å². The van der Waals surface area contributed by atoms with Crippen LogP contribution in [-0.2, 0) is 11.8 Å². The molecule has 1 nitrogen and oxygen atoms in total. The average Bonchev–Trinajstić information content (AvgIpc) is 2.37. The van der Waals surface area contributed by atoms with Crippen LogP contribution in [-0.4, -0.2) is 5.11 Å². The minimum absolute atomic E-state index is 0.323. The standard InChI is InChI=1S/C18H24O/c1-2-12-3-4-17(19)16(8-12)18-9-13-5-14(10-18)7-15(6-13)11-18/h3-4,8,13-15,19H,2,5-7,9-11H2,1H3. The van der Waals surface area contributed by atoms with Crippen LogP contribution in [0.25, 0.3) is 0 Å². The van der Waals surface area contributed by atoms with Crippen molar-refractivity contribution >= 4 is 0 Å². The monoisotopic (exact) mass is 256 g/mol. The zero-order valence-corrected chi connectivity index (χ0v) is 11.9. The van der Waals surface area contributed by atoms with E-state index >= 15 is 0 Å². The SMILES string of the molecule is CCc1ccc(O)c(C23CC4CC(CC(C4)C2)C3)c1. The van der Waals surface area contributed by atoms with E-state index in [0.29, 0.717) is 11.2 Å². The lowest BCUT2D eigenvalue weighted by Crippen LogP contribution is -2.48. The molecule has 0 amide bonds. The molecule has 1 N–H and O–H groups in total. The van der Waals surface area contributed by atoms with Crippen molar-refractivity contribution in [3.05, 3.63) is 29.3 Å². The van der Waals surface area contributed by atoms with Gasteiger partial charge >= 0.3 is 0 Å². The highest BCUT2D eigenvalue weighted by Crippen LogP contribution is 2.61. The molecule has 4 bridgehead atoms. The lowest BCUT2D eigenvalue weighted by Gasteiger charge is -2.57. The summed E-state index contributed by atoms with van der Waals surface area (Å²) in [6, 6.07) is 6.33. The molecule has 19 heavy (non-hydrogen) atoms. The quantitative estimate of drug-likeness (QED) is 0.830. The molecular weight excluding hydrogens is 232 g/mol. The van der Waals surface area contributed by atoms with Crippen molar-refractivity contribution in [1.29, 1.82) is 0 Å². The summed E-state index contributed by atoms with van der Waals surface area (Å²) in [5.41, 5.74) is 2.98. The van der Waals surface area contributed by atoms with Gasteiger partial charge in [-0.3, -0.25) is 0 Å². The number of hydrogen-bond donors (Lipinski definition) is 1. The van der Waals surface area contributed by atoms with Gasteiger partial charge in [-0.1, -0.05) is 19.1 Å². The molecule has 0 spiro atoms. The number of phenolic OH excluding ortho intramolecular Hbond substituents is 1. The van der Waals surface area contributed by atoms with Crippen LogP contribution in [0.5, 0.6) is 5.75 Å². The summed E-state index contributed by atoms with van der Waals surface area (Å²) >= 11 is 0. The number of phenols is 1. The van der Waals surface area contributed by atoms with Crippen LogP contribution >= 0.6 is 0 Å². The summed E-state index contributed by atoms with van der Waals surface area (Å²) < 4.78 is 0. The van der Waals surface area contributed by atoms with E-state index < -0.39 is 0 Å². The highest BCUT2D eigenvalue weighted by atomic mass is 16.3. The summed E-state index contributed by atoms with van der Waals surface area (Å²) in [6.45, 7) is 2.20. The second-order valence-corrected chi connectivity index (χ2v) is 7.40. The van der Waals surface area contributed by atoms with Gasteiger partial charge in [-0.2, -0.15) is 0 Å². The predicted octanol–water partition coefficient (Wildman–Crippen LogP) is 4.42. The Balaban J connectivity index is 1.79. The second-order valence-electron chi connectivity index (χ2n) is 7.40. The normalized spacial score (nSPS) is 39.7. The zero-order chi connectivity index (χ0) is 13.0. The maximum atomic E-state index is 10.4. The van der Waals surface area contributed by atoms with Crippen molar-refractivity contribution in [2.75, 3.05) is 0 Å². The third kappa shape index (κ3) is 1.74. The van der Waals surface area contributed by atoms with E-state index in [-0.39, 0.29) is 0 Å². The smallest absolute Gasteiger partial charge is 0.119 e. The van der Waals surface area contributed by atoms with Gasteiger partial charge in [-0.25, -0.2) is 0 Å². The van der Waals surface area contributed by atoms with E-state index in [0.717, 1.165) is 24.2 Å². The Labute approximate surface area is 116 Å². The largest absolute Gasteiger partial charge is 0.508 e. The van der Waals surface area contributed by atoms with Crippen molar-refractivity contribution in [3.8, 4) is 5.75 Å². The maximum absolute atomic E-state index is 10.4. The van der Waals surface area contributed by atoms with E-state index in [9.17, 15) is 5.11 Å². The fourth-order valence-corrected chi connectivity index (χ4v) is 5.67. The molecule has 0 aromatic heterocycles. The van der Waals surface area contributed by atoms with Crippen LogP contribution in [0.1, 0.15) is 56.6 Å². The van der Waals surface area contributed by atoms with Gasteiger partial charge in [0, 0.05) is 5.56 Å². The summed E-state index contributed by atoms with van der Waals surface area (Å²) in [5, 5.41) is 10.4. The molecule has 0 heterocycles. The number of aromatic hydroxyl groups is 1. The first-order valence-corrected chi connectivity index (χ1v) is 8.01. The highest BCUT2D eigenvalue weighted by molar-refractivity contribution is 5.43. The van der Waals surface area contributed by atoms with Crippen molar-refractivity contribution in [2.45, 2.75) is 57.3 Å². The Kier molecular flexibility index (Phi) is 2.49. The fourth-order valence-electron chi connectivity index (χ4n) is 5.67. The number of aryl methyl sites for hydroxylation is 1. The summed E-state index contributed by atoms with van der Waals surface area (Å²) in [5.74, 6) is 3.38. The Hall–Kier alpha value is -0.980. The molecule has 0 saturated heterocycles. The van der Waals surface area contributed by atoms with E-state index in [1.165, 1.54) is 49.7 Å². The minimum Gasteiger partial charge on any atom is -0.508 e. The van der Waals surface area contributed by atoms with Gasteiger partial charge in [-0.05, 0) is 79.7 Å². The molecule has 4 saturated carbocycles. The van der Waals surface area contributed by atoms with E-state index in [1.807, 2.05) is 6.07 Å². The lowest BCUT2D eigenvalue weighted by atomic mass is 9.48. The van der Waals surface area contributed by atoms with E-state index in [2.05, 4.69) is 19.1 Å². The van der Waals surface area contributed by atoms with Crippen molar-refractivity contribution < 1.29 is 5.11 Å². The van der Waals surface area contributed by atoms with Gasteiger partial charge in [0.1, 0.15) is 5.75 Å². The van der Waals surface area contributed by atoms with E-state index in [4.69, 9.17) is 0 Å². The van der Waals surface area contributed by atoms with Gasteiger partial charge in [0.05, 0.1) is 0 Å². The predicted molar refractivity (Wildman–Crippen MR) is 77.3 cm³/mol. The molecule has 1 aromatic rings. The topological polar surface area (TPSA) is 20.2 Å². The van der Waals surface area contributed by atoms with Gasteiger partial charge in [0.2, 0.25) is 0 Å². The average molecular weight is 256 g/mol. The second kappa shape index (κ2) is 4.01. The molecule has 0 unspecified atom stereocenters. The first-order valence-electron chi connectivity index (χ1n) is 8.01. The van der Waals surface area contributed by atoms with Gasteiger partial charge in [0.15, 0.2) is 0 Å². The molecule has 4 aliphatic carbocycles. The fraction of sp³-hybridized carbons (Fsp3) is 0.667. The molecular formula is C18H24O. The van der Waals surface area contributed by atoms with Crippen molar-refractivity contribution in [2.24, 2.45) is 17.8 Å². The summed E-state index contributed by atoms with van der Waals surface area (Å²) in [4.78, 5) is 0. The maximum Gasteiger partial charge on any atom is 0.119 e. The van der Waals surface area contributed by atoms with Gasteiger partial charge < -0.3 is 5.11 Å². The zero-order valence-electron chi connectivity index (χ0n) is 11.9. The van der Waals surface area contributed by atoms with Crippen LogP contribution in [0.3, 0.4) is 0 Å². The summed E-state index contributed by atoms with van der Waals surface area (Å²) in [7, 11) is 0.